The normalized spacial score (nSPS) is 17.5. The van der Waals surface area contributed by atoms with Crippen molar-refractivity contribution >= 4 is 29.4 Å². The van der Waals surface area contributed by atoms with Gasteiger partial charge in [-0.3, -0.25) is 14.6 Å². The maximum Gasteiger partial charge on any atom is 0.330 e. The van der Waals surface area contributed by atoms with Crippen LogP contribution in [-0.4, -0.2) is 77.0 Å². The molecule has 4 rings (SSSR count). The van der Waals surface area contributed by atoms with E-state index in [-0.39, 0.29) is 18.0 Å². The average molecular weight is 492 g/mol. The Morgan fingerprint density at radius 1 is 1.22 bits per heavy atom. The molecule has 9 nitrogen and oxygen atoms in total. The number of urea groups is 1. The monoisotopic (exact) mass is 491 g/mol. The van der Waals surface area contributed by atoms with Gasteiger partial charge in [0.05, 0.1) is 12.6 Å². The van der Waals surface area contributed by atoms with E-state index in [2.05, 4.69) is 35.6 Å². The van der Waals surface area contributed by atoms with Gasteiger partial charge in [-0.05, 0) is 57.1 Å². The number of nitrogens with one attached hydrogen (secondary N) is 1. The topological polar surface area (TPSA) is 84.9 Å². The van der Waals surface area contributed by atoms with Crippen molar-refractivity contribution in [2.75, 3.05) is 54.4 Å². The van der Waals surface area contributed by atoms with E-state index in [1.54, 1.807) is 14.7 Å². The Hall–Kier alpha value is -3.46. The number of carbonyl (C=O) groups is 2. The average Bonchev–Trinajstić information content (AvgIpc) is 3.40. The molecule has 1 aromatic carbocycles. The molecule has 2 aliphatic rings. The molecule has 2 aliphatic heterocycles. The molecular weight excluding hydrogens is 454 g/mol. The number of fused-ring (bicyclic) bond motifs is 1. The molecule has 0 bridgehead atoms. The molecule has 0 aliphatic carbocycles. The first-order valence-corrected chi connectivity index (χ1v) is 12.9. The van der Waals surface area contributed by atoms with Crippen LogP contribution in [0, 0.1) is 0 Å². The standard InChI is InChI=1S/C27H37N7O2/c1-4-24(35)32-17-14-23(20-32)34-25-21(19-33(27(34)36)22-12-8-7-9-13-22)18-29-26(30-25)28-15-10-11-16-31(5-2)6-3/h4,7-9,12-13,18,23H,1,5-6,10-11,14-17,19-20H2,2-3H3,(H,28,29,30)/t23-/m0/s1. The maximum atomic E-state index is 13.8. The van der Waals surface area contributed by atoms with Crippen molar-refractivity contribution < 1.29 is 9.59 Å². The molecule has 0 unspecified atom stereocenters. The maximum absolute atomic E-state index is 13.8. The Morgan fingerprint density at radius 2 is 2.00 bits per heavy atom. The Bertz CT molecular complexity index is 1060. The van der Waals surface area contributed by atoms with Crippen LogP contribution >= 0.6 is 0 Å². The number of para-hydroxylation sites is 1. The molecule has 0 saturated carbocycles. The van der Waals surface area contributed by atoms with Crippen LogP contribution in [0.15, 0.2) is 49.2 Å². The third-order valence-corrected chi connectivity index (χ3v) is 7.00. The molecule has 36 heavy (non-hydrogen) atoms. The van der Waals surface area contributed by atoms with Crippen molar-refractivity contribution in [3.63, 3.8) is 0 Å². The lowest BCUT2D eigenvalue weighted by molar-refractivity contribution is -0.125. The van der Waals surface area contributed by atoms with Crippen molar-refractivity contribution in [1.29, 1.82) is 0 Å². The second kappa shape index (κ2) is 12.0. The molecule has 0 radical (unpaired) electrons. The highest BCUT2D eigenvalue weighted by atomic mass is 16.2. The third-order valence-electron chi connectivity index (χ3n) is 7.00. The number of aromatic nitrogens is 2. The number of nitrogens with zero attached hydrogens (tertiary/aromatic N) is 6. The van der Waals surface area contributed by atoms with Crippen LogP contribution in [0.1, 0.15) is 38.7 Å². The highest BCUT2D eigenvalue weighted by Gasteiger charge is 2.40. The molecule has 1 saturated heterocycles. The Balaban J connectivity index is 1.53. The van der Waals surface area contributed by atoms with Crippen molar-refractivity contribution in [1.82, 2.24) is 19.8 Å². The van der Waals surface area contributed by atoms with E-state index in [1.807, 2.05) is 36.5 Å². The summed E-state index contributed by atoms with van der Waals surface area (Å²) in [6.45, 7) is 13.4. The summed E-state index contributed by atoms with van der Waals surface area (Å²) in [5, 5.41) is 3.34. The lowest BCUT2D eigenvalue weighted by Crippen LogP contribution is -2.53. The van der Waals surface area contributed by atoms with Gasteiger partial charge in [0.2, 0.25) is 11.9 Å². The van der Waals surface area contributed by atoms with Crippen molar-refractivity contribution in [2.45, 2.75) is 45.7 Å². The van der Waals surface area contributed by atoms with Gasteiger partial charge in [-0.1, -0.05) is 38.6 Å². The van der Waals surface area contributed by atoms with E-state index < -0.39 is 0 Å². The van der Waals surface area contributed by atoms with Gasteiger partial charge in [-0.25, -0.2) is 9.78 Å². The van der Waals surface area contributed by atoms with E-state index in [4.69, 9.17) is 4.98 Å². The smallest absolute Gasteiger partial charge is 0.330 e. The quantitative estimate of drug-likeness (QED) is 0.381. The molecule has 1 atom stereocenters. The van der Waals surface area contributed by atoms with Gasteiger partial charge in [0, 0.05) is 37.1 Å². The first-order chi connectivity index (χ1) is 17.5. The zero-order chi connectivity index (χ0) is 25.5. The summed E-state index contributed by atoms with van der Waals surface area (Å²) in [6, 6.07) is 9.34. The molecule has 0 spiro atoms. The van der Waals surface area contributed by atoms with E-state index in [1.165, 1.54) is 6.08 Å². The van der Waals surface area contributed by atoms with E-state index in [9.17, 15) is 9.59 Å². The lowest BCUT2D eigenvalue weighted by atomic mass is 10.1. The van der Waals surface area contributed by atoms with Crippen LogP contribution in [0.5, 0.6) is 0 Å². The number of hydrogen-bond donors (Lipinski definition) is 1. The lowest BCUT2D eigenvalue weighted by Gasteiger charge is -2.39. The highest BCUT2D eigenvalue weighted by Crippen LogP contribution is 2.34. The molecular formula is C27H37N7O2. The number of carbonyl (C=O) groups excluding carboxylic acids is 2. The molecule has 3 heterocycles. The number of rotatable bonds is 11. The summed E-state index contributed by atoms with van der Waals surface area (Å²) < 4.78 is 0. The number of amides is 3. The van der Waals surface area contributed by atoms with Crippen LogP contribution in [0.2, 0.25) is 0 Å². The summed E-state index contributed by atoms with van der Waals surface area (Å²) >= 11 is 0. The summed E-state index contributed by atoms with van der Waals surface area (Å²) in [7, 11) is 0. The number of likely N-dealkylation sites (tertiary alicyclic amines) is 1. The van der Waals surface area contributed by atoms with Gasteiger partial charge < -0.3 is 15.1 Å². The number of unbranched alkanes of at least 4 members (excludes halogenated alkanes) is 1. The molecule has 192 valence electrons. The summed E-state index contributed by atoms with van der Waals surface area (Å²) in [6.07, 6.45) is 5.95. The van der Waals surface area contributed by atoms with Crippen molar-refractivity contribution in [3.05, 3.63) is 54.7 Å². The molecule has 1 fully saturated rings. The van der Waals surface area contributed by atoms with Crippen LogP contribution in [0.3, 0.4) is 0 Å². The summed E-state index contributed by atoms with van der Waals surface area (Å²) in [5.41, 5.74) is 1.71. The largest absolute Gasteiger partial charge is 0.354 e. The van der Waals surface area contributed by atoms with Gasteiger partial charge in [-0.15, -0.1) is 0 Å². The SMILES string of the molecule is C=CC(=O)N1CC[C@H](N2C(=O)N(c3ccccc3)Cc3cnc(NCCCCN(CC)CC)nc32)C1. The van der Waals surface area contributed by atoms with Crippen molar-refractivity contribution in [3.8, 4) is 0 Å². The predicted molar refractivity (Wildman–Crippen MR) is 143 cm³/mol. The number of anilines is 3. The molecule has 9 heteroatoms. The Labute approximate surface area is 213 Å². The first kappa shape index (κ1) is 25.6. The van der Waals surface area contributed by atoms with Gasteiger partial charge in [0.1, 0.15) is 5.82 Å². The highest BCUT2D eigenvalue weighted by molar-refractivity contribution is 6.06. The van der Waals surface area contributed by atoms with E-state index in [0.29, 0.717) is 37.8 Å². The number of hydrogen-bond acceptors (Lipinski definition) is 6. The van der Waals surface area contributed by atoms with E-state index in [0.717, 1.165) is 50.3 Å². The first-order valence-electron chi connectivity index (χ1n) is 12.9. The fourth-order valence-electron chi connectivity index (χ4n) is 4.88. The third kappa shape index (κ3) is 5.67. The van der Waals surface area contributed by atoms with Gasteiger partial charge in [-0.2, -0.15) is 4.98 Å². The zero-order valence-electron chi connectivity index (χ0n) is 21.4. The summed E-state index contributed by atoms with van der Waals surface area (Å²) in [5.74, 6) is 1.04. The van der Waals surface area contributed by atoms with Crippen LogP contribution in [0.4, 0.5) is 22.2 Å². The van der Waals surface area contributed by atoms with Crippen LogP contribution in [-0.2, 0) is 11.3 Å². The Morgan fingerprint density at radius 3 is 2.72 bits per heavy atom. The molecule has 2 aromatic rings. The minimum absolute atomic E-state index is 0.114. The summed E-state index contributed by atoms with van der Waals surface area (Å²) in [4.78, 5) is 43.0. The Kier molecular flexibility index (Phi) is 8.53. The van der Waals surface area contributed by atoms with Crippen LogP contribution in [0.25, 0.3) is 0 Å². The zero-order valence-corrected chi connectivity index (χ0v) is 21.4. The second-order valence-electron chi connectivity index (χ2n) is 9.21. The second-order valence-corrected chi connectivity index (χ2v) is 9.21. The van der Waals surface area contributed by atoms with E-state index >= 15 is 0 Å². The van der Waals surface area contributed by atoms with Gasteiger partial charge >= 0.3 is 6.03 Å². The fraction of sp³-hybridized carbons (Fsp3) is 0.481. The van der Waals surface area contributed by atoms with Crippen LogP contribution < -0.4 is 15.1 Å². The van der Waals surface area contributed by atoms with Crippen molar-refractivity contribution in [2.24, 2.45) is 0 Å². The molecule has 1 N–H and O–H groups in total. The molecule has 1 aromatic heterocycles. The predicted octanol–water partition coefficient (Wildman–Crippen LogP) is 3.74. The minimum atomic E-state index is -0.163. The number of benzene rings is 1. The fourth-order valence-corrected chi connectivity index (χ4v) is 4.88. The minimum Gasteiger partial charge on any atom is -0.354 e. The van der Waals surface area contributed by atoms with Gasteiger partial charge in [0.15, 0.2) is 0 Å². The molecule has 3 amide bonds. The van der Waals surface area contributed by atoms with Gasteiger partial charge in [0.25, 0.3) is 0 Å².